The molecule has 4 N–H and O–H groups in total. The van der Waals surface area contributed by atoms with E-state index in [0.29, 0.717) is 11.3 Å². The van der Waals surface area contributed by atoms with Crippen molar-refractivity contribution >= 4 is 50.2 Å². The van der Waals surface area contributed by atoms with Crippen molar-refractivity contribution in [3.05, 3.63) is 87.9 Å². The van der Waals surface area contributed by atoms with Gasteiger partial charge in [0.1, 0.15) is 0 Å². The number of nitrogens with one attached hydrogen (secondary N) is 2. The molecule has 0 spiro atoms. The molecule has 0 saturated heterocycles. The molecule has 1 amide bonds. The van der Waals surface area contributed by atoms with Gasteiger partial charge in [0.2, 0.25) is 0 Å². The second-order valence-corrected chi connectivity index (χ2v) is 7.32. The molecule has 0 bridgehead atoms. The number of carbonyl (C=O) groups excluding carboxylic acids is 1. The molecular formula is C22H18BrN3O. The fraction of sp³-hybridized carbons (Fsp3) is 0.0455. The Labute approximate surface area is 166 Å². The number of hydrogen-bond donors (Lipinski definition) is 3. The highest BCUT2D eigenvalue weighted by Gasteiger charge is 2.28. The minimum Gasteiger partial charge on any atom is -0.399 e. The average Bonchev–Trinajstić information content (AvgIpc) is 2.98. The summed E-state index contributed by atoms with van der Waals surface area (Å²) in [5.41, 5.74) is 12.5. The van der Waals surface area contributed by atoms with Crippen molar-refractivity contribution in [2.24, 2.45) is 0 Å². The summed E-state index contributed by atoms with van der Waals surface area (Å²) in [6.07, 6.45) is 0. The van der Waals surface area contributed by atoms with Gasteiger partial charge >= 0.3 is 0 Å². The molecule has 4 rings (SSSR count). The normalized spacial score (nSPS) is 14.5. The maximum Gasteiger partial charge on any atom is 0.258 e. The number of nitrogens with two attached hydrogens (primary N) is 1. The van der Waals surface area contributed by atoms with Gasteiger partial charge in [0.15, 0.2) is 0 Å². The van der Waals surface area contributed by atoms with E-state index >= 15 is 0 Å². The molecule has 5 heteroatoms. The molecule has 0 saturated carbocycles. The minimum absolute atomic E-state index is 0.143. The van der Waals surface area contributed by atoms with Crippen LogP contribution < -0.4 is 16.4 Å². The van der Waals surface area contributed by atoms with Gasteiger partial charge < -0.3 is 16.4 Å². The summed E-state index contributed by atoms with van der Waals surface area (Å²) < 4.78 is 1.04. The first-order valence-corrected chi connectivity index (χ1v) is 9.36. The largest absolute Gasteiger partial charge is 0.399 e. The lowest BCUT2D eigenvalue weighted by Crippen LogP contribution is -2.10. The van der Waals surface area contributed by atoms with Crippen LogP contribution in [0.25, 0.3) is 11.3 Å². The van der Waals surface area contributed by atoms with Crippen LogP contribution >= 0.6 is 15.9 Å². The molecule has 27 heavy (non-hydrogen) atoms. The number of aryl methyl sites for hydroxylation is 1. The highest BCUT2D eigenvalue weighted by atomic mass is 79.9. The van der Waals surface area contributed by atoms with Crippen LogP contribution in [-0.2, 0) is 4.79 Å². The zero-order valence-electron chi connectivity index (χ0n) is 14.7. The monoisotopic (exact) mass is 419 g/mol. The van der Waals surface area contributed by atoms with E-state index < -0.39 is 0 Å². The Morgan fingerprint density at radius 3 is 2.56 bits per heavy atom. The van der Waals surface area contributed by atoms with Gasteiger partial charge in [-0.1, -0.05) is 46.3 Å². The number of halogens is 1. The van der Waals surface area contributed by atoms with Crippen LogP contribution in [0.4, 0.5) is 17.1 Å². The smallest absolute Gasteiger partial charge is 0.258 e. The molecule has 1 aliphatic rings. The van der Waals surface area contributed by atoms with Crippen molar-refractivity contribution < 1.29 is 4.79 Å². The predicted molar refractivity (Wildman–Crippen MR) is 115 cm³/mol. The fourth-order valence-electron chi connectivity index (χ4n) is 3.18. The topological polar surface area (TPSA) is 67.2 Å². The molecule has 0 radical (unpaired) electrons. The number of benzene rings is 3. The number of carbonyl (C=O) groups is 1. The number of rotatable bonds is 3. The van der Waals surface area contributed by atoms with E-state index in [9.17, 15) is 4.79 Å². The van der Waals surface area contributed by atoms with Gasteiger partial charge in [-0.15, -0.1) is 0 Å². The number of anilines is 3. The van der Waals surface area contributed by atoms with Gasteiger partial charge in [-0.25, -0.2) is 0 Å². The maximum absolute atomic E-state index is 12.8. The van der Waals surface area contributed by atoms with E-state index in [2.05, 4.69) is 26.6 Å². The fourth-order valence-corrected chi connectivity index (χ4v) is 3.43. The maximum atomic E-state index is 12.8. The van der Waals surface area contributed by atoms with Crippen molar-refractivity contribution in [2.75, 3.05) is 16.4 Å². The molecule has 0 fully saturated rings. The second-order valence-electron chi connectivity index (χ2n) is 6.46. The summed E-state index contributed by atoms with van der Waals surface area (Å²) in [5.74, 6) is -0.143. The van der Waals surface area contributed by atoms with Crippen LogP contribution in [0.15, 0.2) is 71.2 Å². The molecule has 134 valence electrons. The van der Waals surface area contributed by atoms with Gasteiger partial charge in [-0.2, -0.15) is 0 Å². The first kappa shape index (κ1) is 17.4. The van der Waals surface area contributed by atoms with Crippen LogP contribution in [-0.4, -0.2) is 5.91 Å². The highest BCUT2D eigenvalue weighted by molar-refractivity contribution is 9.10. The molecule has 3 aromatic carbocycles. The number of amides is 1. The third-order valence-corrected chi connectivity index (χ3v) is 5.42. The summed E-state index contributed by atoms with van der Waals surface area (Å²) in [4.78, 5) is 12.8. The van der Waals surface area contributed by atoms with Gasteiger partial charge in [0, 0.05) is 27.1 Å². The van der Waals surface area contributed by atoms with Gasteiger partial charge in [-0.3, -0.25) is 4.79 Å². The number of hydrogen-bond acceptors (Lipinski definition) is 3. The first-order chi connectivity index (χ1) is 13.0. The van der Waals surface area contributed by atoms with Crippen LogP contribution in [0.5, 0.6) is 0 Å². The molecule has 1 aliphatic heterocycles. The predicted octanol–water partition coefficient (Wildman–Crippen LogP) is 5.27. The molecule has 0 aliphatic carbocycles. The zero-order valence-corrected chi connectivity index (χ0v) is 16.3. The minimum atomic E-state index is -0.143. The zero-order chi connectivity index (χ0) is 19.0. The SMILES string of the molecule is Cc1cc(N/C(=C2\C(=O)Nc3ccc(N)cc32)c2ccccc2)ccc1Br. The Morgan fingerprint density at radius 1 is 1.04 bits per heavy atom. The molecule has 3 aromatic rings. The summed E-state index contributed by atoms with van der Waals surface area (Å²) in [6, 6.07) is 21.3. The Hall–Kier alpha value is -3.05. The second kappa shape index (κ2) is 6.93. The Bertz CT molecular complexity index is 1070. The van der Waals surface area contributed by atoms with Crippen molar-refractivity contribution in [1.82, 2.24) is 0 Å². The molecule has 0 atom stereocenters. The molecular weight excluding hydrogens is 402 g/mol. The van der Waals surface area contributed by atoms with E-state index in [0.717, 1.165) is 38.2 Å². The van der Waals surface area contributed by atoms with Crippen molar-refractivity contribution in [1.29, 1.82) is 0 Å². The van der Waals surface area contributed by atoms with Crippen LogP contribution in [0.2, 0.25) is 0 Å². The lowest BCUT2D eigenvalue weighted by Gasteiger charge is -2.15. The average molecular weight is 420 g/mol. The highest BCUT2D eigenvalue weighted by Crippen LogP contribution is 2.38. The lowest BCUT2D eigenvalue weighted by atomic mass is 9.99. The first-order valence-electron chi connectivity index (χ1n) is 8.57. The van der Waals surface area contributed by atoms with Crippen LogP contribution in [0.1, 0.15) is 16.7 Å². The van der Waals surface area contributed by atoms with E-state index in [-0.39, 0.29) is 5.91 Å². The quantitative estimate of drug-likeness (QED) is 0.399. The lowest BCUT2D eigenvalue weighted by molar-refractivity contribution is -0.110. The van der Waals surface area contributed by atoms with Gasteiger partial charge in [0.05, 0.1) is 11.3 Å². The van der Waals surface area contributed by atoms with Crippen molar-refractivity contribution in [3.8, 4) is 0 Å². The van der Waals surface area contributed by atoms with Crippen LogP contribution in [0.3, 0.4) is 0 Å². The van der Waals surface area contributed by atoms with Crippen molar-refractivity contribution in [3.63, 3.8) is 0 Å². The third-order valence-electron chi connectivity index (χ3n) is 4.53. The summed E-state index contributed by atoms with van der Waals surface area (Å²) in [6.45, 7) is 2.03. The number of fused-ring (bicyclic) bond motifs is 1. The van der Waals surface area contributed by atoms with Crippen LogP contribution in [0, 0.1) is 6.92 Å². The van der Waals surface area contributed by atoms with E-state index in [1.165, 1.54) is 0 Å². The number of nitrogen functional groups attached to an aromatic ring is 1. The Balaban J connectivity index is 1.91. The van der Waals surface area contributed by atoms with E-state index in [4.69, 9.17) is 5.73 Å². The Kier molecular flexibility index (Phi) is 4.46. The molecule has 1 heterocycles. The molecule has 4 nitrogen and oxygen atoms in total. The van der Waals surface area contributed by atoms with E-state index in [1.54, 1.807) is 6.07 Å². The third kappa shape index (κ3) is 3.34. The van der Waals surface area contributed by atoms with Crippen molar-refractivity contribution in [2.45, 2.75) is 6.92 Å². The van der Waals surface area contributed by atoms with Gasteiger partial charge in [-0.05, 0) is 54.4 Å². The van der Waals surface area contributed by atoms with E-state index in [1.807, 2.05) is 67.6 Å². The summed E-state index contributed by atoms with van der Waals surface area (Å²) >= 11 is 3.53. The Morgan fingerprint density at radius 2 is 1.81 bits per heavy atom. The molecule has 0 aromatic heterocycles. The molecule has 0 unspecified atom stereocenters. The van der Waals surface area contributed by atoms with Gasteiger partial charge in [0.25, 0.3) is 5.91 Å². The summed E-state index contributed by atoms with van der Waals surface area (Å²) in [5, 5.41) is 6.38. The standard InChI is InChI=1S/C22H18BrN3O/c1-13-11-16(8-9-18(13)23)25-21(14-5-3-2-4-6-14)20-17-12-15(24)7-10-19(17)26-22(20)27/h2-12,25H,24H2,1H3,(H,26,27)/b21-20-. The summed E-state index contributed by atoms with van der Waals surface area (Å²) in [7, 11) is 0.